The van der Waals surface area contributed by atoms with E-state index in [1.165, 1.54) is 0 Å². The van der Waals surface area contributed by atoms with Crippen molar-refractivity contribution in [3.05, 3.63) is 11.7 Å². The second-order valence-corrected chi connectivity index (χ2v) is 9.36. The summed E-state index contributed by atoms with van der Waals surface area (Å²) in [5.41, 5.74) is -1.06. The Hall–Kier alpha value is -2.12. The number of aromatic nitrogens is 2. The van der Waals surface area contributed by atoms with E-state index in [1.54, 1.807) is 11.8 Å². The molecule has 2 amide bonds. The van der Waals surface area contributed by atoms with Gasteiger partial charge in [-0.1, -0.05) is 30.8 Å². The van der Waals surface area contributed by atoms with Gasteiger partial charge in [-0.3, -0.25) is 4.79 Å². The first-order valence-electron chi connectivity index (χ1n) is 10.8. The van der Waals surface area contributed by atoms with Gasteiger partial charge in [0.25, 0.3) is 0 Å². The van der Waals surface area contributed by atoms with Gasteiger partial charge in [-0.25, -0.2) is 4.79 Å². The Balaban J connectivity index is 1.63. The van der Waals surface area contributed by atoms with Crippen LogP contribution in [0.5, 0.6) is 0 Å². The third-order valence-corrected chi connectivity index (χ3v) is 5.79. The van der Waals surface area contributed by atoms with Crippen LogP contribution in [-0.4, -0.2) is 45.7 Å². The second-order valence-electron chi connectivity index (χ2n) is 9.36. The number of likely N-dealkylation sites (tertiary alicyclic amines) is 1. The molecule has 2 heterocycles. The first-order valence-corrected chi connectivity index (χ1v) is 10.8. The van der Waals surface area contributed by atoms with E-state index in [0.29, 0.717) is 37.6 Å². The zero-order valence-electron chi connectivity index (χ0n) is 18.1. The SMILES string of the molecule is Cc1nc(C2(NC(=O)C3CCN(C(=O)OC(C)(C)C)CC3)CCCCCC2)no1. The molecule has 8 heteroatoms. The minimum atomic E-state index is -0.548. The molecular formula is C21H34N4O4. The lowest BCUT2D eigenvalue weighted by Gasteiger charge is -2.36. The molecule has 1 aliphatic heterocycles. The van der Waals surface area contributed by atoms with Crippen LogP contribution in [-0.2, 0) is 15.1 Å². The molecule has 0 aromatic carbocycles. The van der Waals surface area contributed by atoms with Crippen molar-refractivity contribution in [2.45, 2.75) is 90.2 Å². The lowest BCUT2D eigenvalue weighted by molar-refractivity contribution is -0.129. The van der Waals surface area contributed by atoms with E-state index in [4.69, 9.17) is 9.26 Å². The van der Waals surface area contributed by atoms with Crippen LogP contribution >= 0.6 is 0 Å². The molecule has 1 aromatic heterocycles. The summed E-state index contributed by atoms with van der Waals surface area (Å²) in [5.74, 6) is 1.01. The van der Waals surface area contributed by atoms with Crippen LogP contribution in [0.25, 0.3) is 0 Å². The molecule has 0 bridgehead atoms. The molecule has 0 atom stereocenters. The molecule has 29 heavy (non-hydrogen) atoms. The van der Waals surface area contributed by atoms with Crippen LogP contribution < -0.4 is 5.32 Å². The topological polar surface area (TPSA) is 97.6 Å². The number of rotatable bonds is 3. The molecule has 162 valence electrons. The van der Waals surface area contributed by atoms with Crippen LogP contribution in [0.2, 0.25) is 0 Å². The van der Waals surface area contributed by atoms with Gasteiger partial charge in [0.1, 0.15) is 11.1 Å². The van der Waals surface area contributed by atoms with E-state index in [1.807, 2.05) is 20.8 Å². The van der Waals surface area contributed by atoms with Gasteiger partial charge in [-0.15, -0.1) is 0 Å². The highest BCUT2D eigenvalue weighted by Gasteiger charge is 2.41. The molecule has 1 aliphatic carbocycles. The summed E-state index contributed by atoms with van der Waals surface area (Å²) in [6, 6.07) is 0. The zero-order valence-corrected chi connectivity index (χ0v) is 18.1. The van der Waals surface area contributed by atoms with E-state index in [2.05, 4.69) is 15.5 Å². The Morgan fingerprint density at radius 1 is 1.14 bits per heavy atom. The summed E-state index contributed by atoms with van der Waals surface area (Å²) >= 11 is 0. The van der Waals surface area contributed by atoms with Gasteiger partial charge >= 0.3 is 6.09 Å². The molecule has 3 rings (SSSR count). The van der Waals surface area contributed by atoms with E-state index in [-0.39, 0.29) is 17.9 Å². The molecule has 1 N–H and O–H groups in total. The van der Waals surface area contributed by atoms with Crippen LogP contribution in [0.3, 0.4) is 0 Å². The monoisotopic (exact) mass is 406 g/mol. The van der Waals surface area contributed by atoms with E-state index < -0.39 is 11.1 Å². The molecule has 0 spiro atoms. The van der Waals surface area contributed by atoms with Crippen molar-refractivity contribution in [2.75, 3.05) is 13.1 Å². The highest BCUT2D eigenvalue weighted by atomic mass is 16.6. The molecule has 1 aromatic rings. The highest BCUT2D eigenvalue weighted by molar-refractivity contribution is 5.80. The lowest BCUT2D eigenvalue weighted by atomic mass is 9.87. The minimum Gasteiger partial charge on any atom is -0.444 e. The number of carbonyl (C=O) groups excluding carboxylic acids is 2. The Labute approximate surface area is 172 Å². The van der Waals surface area contributed by atoms with Gasteiger partial charge in [0.05, 0.1) is 0 Å². The van der Waals surface area contributed by atoms with Crippen molar-refractivity contribution in [1.29, 1.82) is 0 Å². The van der Waals surface area contributed by atoms with Crippen molar-refractivity contribution < 1.29 is 18.8 Å². The van der Waals surface area contributed by atoms with Crippen molar-refractivity contribution in [3.63, 3.8) is 0 Å². The highest BCUT2D eigenvalue weighted by Crippen LogP contribution is 2.35. The fourth-order valence-electron chi connectivity index (χ4n) is 4.22. The fourth-order valence-corrected chi connectivity index (χ4v) is 4.22. The molecule has 0 unspecified atom stereocenters. The Morgan fingerprint density at radius 3 is 2.28 bits per heavy atom. The summed E-state index contributed by atoms with van der Waals surface area (Å²) < 4.78 is 10.7. The maximum atomic E-state index is 13.1. The van der Waals surface area contributed by atoms with Crippen molar-refractivity contribution in [2.24, 2.45) is 5.92 Å². The van der Waals surface area contributed by atoms with E-state index in [9.17, 15) is 9.59 Å². The summed E-state index contributed by atoms with van der Waals surface area (Å²) in [5, 5.41) is 7.45. The van der Waals surface area contributed by atoms with Crippen molar-refractivity contribution in [1.82, 2.24) is 20.4 Å². The Kier molecular flexibility index (Phi) is 6.49. The summed E-state index contributed by atoms with van der Waals surface area (Å²) in [7, 11) is 0. The fraction of sp³-hybridized carbons (Fsp3) is 0.810. The zero-order chi connectivity index (χ0) is 21.1. The van der Waals surface area contributed by atoms with Gasteiger partial charge in [0.15, 0.2) is 5.82 Å². The number of hydrogen-bond acceptors (Lipinski definition) is 6. The average Bonchev–Trinajstić information content (AvgIpc) is 2.96. The van der Waals surface area contributed by atoms with Gasteiger partial charge in [0, 0.05) is 25.9 Å². The molecule has 1 saturated heterocycles. The summed E-state index contributed by atoms with van der Waals surface area (Å²) in [6.07, 6.45) is 6.99. The molecule has 0 radical (unpaired) electrons. The van der Waals surface area contributed by atoms with Crippen LogP contribution in [0, 0.1) is 12.8 Å². The van der Waals surface area contributed by atoms with Gasteiger partial charge in [-0.2, -0.15) is 4.98 Å². The predicted molar refractivity (Wildman–Crippen MR) is 107 cm³/mol. The lowest BCUT2D eigenvalue weighted by Crippen LogP contribution is -2.51. The number of piperidine rings is 1. The minimum absolute atomic E-state index is 0.0261. The maximum absolute atomic E-state index is 13.1. The van der Waals surface area contributed by atoms with Crippen LogP contribution in [0.1, 0.15) is 83.9 Å². The smallest absolute Gasteiger partial charge is 0.410 e. The van der Waals surface area contributed by atoms with Gasteiger partial charge < -0.3 is 19.5 Å². The third kappa shape index (κ3) is 5.48. The number of aryl methyl sites for hydroxylation is 1. The number of nitrogens with zero attached hydrogens (tertiary/aromatic N) is 3. The van der Waals surface area contributed by atoms with Gasteiger partial charge in [-0.05, 0) is 46.5 Å². The number of hydrogen-bond donors (Lipinski definition) is 1. The van der Waals surface area contributed by atoms with E-state index in [0.717, 1.165) is 38.5 Å². The molecular weight excluding hydrogens is 372 g/mol. The van der Waals surface area contributed by atoms with E-state index >= 15 is 0 Å². The first kappa shape index (κ1) is 21.6. The predicted octanol–water partition coefficient (Wildman–Crippen LogP) is 3.69. The molecule has 2 fully saturated rings. The molecule has 8 nitrogen and oxygen atoms in total. The van der Waals surface area contributed by atoms with Crippen molar-refractivity contribution >= 4 is 12.0 Å². The average molecular weight is 407 g/mol. The van der Waals surface area contributed by atoms with Gasteiger partial charge in [0.2, 0.25) is 11.8 Å². The second kappa shape index (κ2) is 8.71. The number of amides is 2. The standard InChI is InChI=1S/C21H34N4O4/c1-15-22-18(24-29-15)21(11-7-5-6-8-12-21)23-17(26)16-9-13-25(14-10-16)19(27)28-20(2,3)4/h16H,5-14H2,1-4H3,(H,23,26). The number of nitrogens with one attached hydrogen (secondary N) is 1. The molecule has 2 aliphatic rings. The van der Waals surface area contributed by atoms with Crippen LogP contribution in [0.15, 0.2) is 4.52 Å². The Morgan fingerprint density at radius 2 is 1.76 bits per heavy atom. The normalized spacial score (nSPS) is 20.8. The van der Waals surface area contributed by atoms with Crippen molar-refractivity contribution in [3.8, 4) is 0 Å². The first-order chi connectivity index (χ1) is 13.7. The molecule has 1 saturated carbocycles. The number of carbonyl (C=O) groups is 2. The summed E-state index contributed by atoms with van der Waals surface area (Å²) in [6.45, 7) is 8.41. The van der Waals surface area contributed by atoms with Crippen LogP contribution in [0.4, 0.5) is 4.79 Å². The maximum Gasteiger partial charge on any atom is 0.410 e. The third-order valence-electron chi connectivity index (χ3n) is 5.79. The number of ether oxygens (including phenoxy) is 1. The largest absolute Gasteiger partial charge is 0.444 e. The Bertz CT molecular complexity index is 709. The quantitative estimate of drug-likeness (QED) is 0.769. The summed E-state index contributed by atoms with van der Waals surface area (Å²) in [4.78, 5) is 31.5.